The number of aryl methyl sites for hydroxylation is 1. The predicted molar refractivity (Wildman–Crippen MR) is 104 cm³/mol. The molecule has 0 aliphatic heterocycles. The molecule has 1 aromatic heterocycles. The lowest BCUT2D eigenvalue weighted by Gasteiger charge is -2.02. The van der Waals surface area contributed by atoms with Crippen LogP contribution in [0.3, 0.4) is 0 Å². The van der Waals surface area contributed by atoms with Crippen LogP contribution in [0.5, 0.6) is 0 Å². The fourth-order valence-electron chi connectivity index (χ4n) is 2.57. The van der Waals surface area contributed by atoms with Crippen molar-refractivity contribution >= 4 is 48.9 Å². The molecule has 0 radical (unpaired) electrons. The molecule has 0 aliphatic rings. The van der Waals surface area contributed by atoms with Crippen molar-refractivity contribution in [2.45, 2.75) is 18.2 Å². The summed E-state index contributed by atoms with van der Waals surface area (Å²) in [6.07, 6.45) is 0.106. The number of sulfone groups is 1. The van der Waals surface area contributed by atoms with Gasteiger partial charge in [-0.25, -0.2) is 8.42 Å². The van der Waals surface area contributed by atoms with E-state index in [0.717, 1.165) is 15.8 Å². The van der Waals surface area contributed by atoms with Gasteiger partial charge in [0.2, 0.25) is 0 Å². The molecule has 0 N–H and O–H groups in total. The van der Waals surface area contributed by atoms with Gasteiger partial charge in [-0.2, -0.15) is 4.99 Å². The van der Waals surface area contributed by atoms with Crippen LogP contribution in [-0.2, 0) is 28.1 Å². The molecule has 1 amide bonds. The molecule has 136 valence electrons. The Morgan fingerprint density at radius 3 is 2.50 bits per heavy atom. The Morgan fingerprint density at radius 2 is 1.88 bits per heavy atom. The number of amides is 1. The first-order chi connectivity index (χ1) is 12.3. The molecule has 0 saturated carbocycles. The molecule has 2 aromatic carbocycles. The van der Waals surface area contributed by atoms with Gasteiger partial charge in [0.05, 0.1) is 32.3 Å². The number of aromatic nitrogens is 1. The summed E-state index contributed by atoms with van der Waals surface area (Å²) < 4.78 is 26.4. The third kappa shape index (κ3) is 3.75. The van der Waals surface area contributed by atoms with E-state index in [4.69, 9.17) is 11.6 Å². The van der Waals surface area contributed by atoms with Crippen LogP contribution in [0.25, 0.3) is 10.2 Å². The number of nitrogens with zero attached hydrogens (tertiary/aromatic N) is 2. The zero-order valence-corrected chi connectivity index (χ0v) is 16.7. The zero-order valence-electron chi connectivity index (χ0n) is 14.3. The molecule has 0 unspecified atom stereocenters. The highest BCUT2D eigenvalue weighted by atomic mass is 35.5. The van der Waals surface area contributed by atoms with Crippen molar-refractivity contribution in [2.75, 3.05) is 5.75 Å². The Morgan fingerprint density at radius 1 is 1.19 bits per heavy atom. The highest BCUT2D eigenvalue weighted by Gasteiger charge is 2.12. The van der Waals surface area contributed by atoms with Gasteiger partial charge in [0.1, 0.15) is 0 Å². The SMILES string of the molecule is CCS(=O)(=O)c1ccc(CC(=O)N=c2sc3cccc(Cl)c3n2C)cc1. The second-order valence-corrected chi connectivity index (χ2v) is 9.45. The van der Waals surface area contributed by atoms with E-state index >= 15 is 0 Å². The Balaban J connectivity index is 1.86. The molecule has 3 rings (SSSR count). The highest BCUT2D eigenvalue weighted by Crippen LogP contribution is 2.24. The maximum absolute atomic E-state index is 12.3. The van der Waals surface area contributed by atoms with Crippen LogP contribution in [0, 0.1) is 0 Å². The molecule has 0 spiro atoms. The van der Waals surface area contributed by atoms with Gasteiger partial charge in [-0.3, -0.25) is 4.79 Å². The van der Waals surface area contributed by atoms with E-state index in [-0.39, 0.29) is 23.0 Å². The summed E-state index contributed by atoms with van der Waals surface area (Å²) >= 11 is 7.61. The summed E-state index contributed by atoms with van der Waals surface area (Å²) in [5, 5.41) is 0.614. The lowest BCUT2D eigenvalue weighted by molar-refractivity contribution is -0.117. The number of halogens is 1. The number of hydrogen-bond donors (Lipinski definition) is 0. The third-order valence-electron chi connectivity index (χ3n) is 4.01. The van der Waals surface area contributed by atoms with Crippen LogP contribution in [0.1, 0.15) is 12.5 Å². The minimum Gasteiger partial charge on any atom is -0.318 e. The first-order valence-electron chi connectivity index (χ1n) is 7.95. The second kappa shape index (κ2) is 7.34. The number of fused-ring (bicyclic) bond motifs is 1. The fraction of sp³-hybridized carbons (Fsp3) is 0.222. The Kier molecular flexibility index (Phi) is 5.32. The van der Waals surface area contributed by atoms with Crippen LogP contribution >= 0.6 is 22.9 Å². The van der Waals surface area contributed by atoms with Crippen LogP contribution in [-0.4, -0.2) is 24.6 Å². The smallest absolute Gasteiger partial charge is 0.252 e. The molecular weight excluding hydrogens is 392 g/mol. The first-order valence-corrected chi connectivity index (χ1v) is 10.8. The first kappa shape index (κ1) is 18.8. The summed E-state index contributed by atoms with van der Waals surface area (Å²) in [5.41, 5.74) is 1.57. The van der Waals surface area contributed by atoms with E-state index in [1.807, 2.05) is 19.2 Å². The number of para-hydroxylation sites is 1. The normalized spacial score (nSPS) is 12.7. The van der Waals surface area contributed by atoms with Gasteiger partial charge in [-0.1, -0.05) is 48.1 Å². The number of hydrogen-bond acceptors (Lipinski definition) is 4. The topological polar surface area (TPSA) is 68.5 Å². The largest absolute Gasteiger partial charge is 0.318 e. The van der Waals surface area contributed by atoms with Crippen LogP contribution in [0.2, 0.25) is 5.02 Å². The van der Waals surface area contributed by atoms with Crippen LogP contribution in [0.4, 0.5) is 0 Å². The van der Waals surface area contributed by atoms with E-state index < -0.39 is 9.84 Å². The molecule has 3 aromatic rings. The fourth-order valence-corrected chi connectivity index (χ4v) is 4.87. The Bertz CT molecular complexity index is 1140. The average molecular weight is 409 g/mol. The molecular formula is C18H17ClN2O3S2. The van der Waals surface area contributed by atoms with Crippen LogP contribution < -0.4 is 4.80 Å². The van der Waals surface area contributed by atoms with E-state index in [0.29, 0.717) is 9.82 Å². The lowest BCUT2D eigenvalue weighted by atomic mass is 10.1. The van der Waals surface area contributed by atoms with Gasteiger partial charge >= 0.3 is 0 Å². The highest BCUT2D eigenvalue weighted by molar-refractivity contribution is 7.91. The quantitative estimate of drug-likeness (QED) is 0.664. The molecule has 0 saturated heterocycles. The number of benzene rings is 2. The molecule has 0 atom stereocenters. The number of rotatable bonds is 4. The standard InChI is InChI=1S/C18H17ClN2O3S2/c1-3-26(23,24)13-9-7-12(8-10-13)11-16(22)20-18-21(2)17-14(19)5-4-6-15(17)25-18/h4-10H,3,11H2,1-2H3. The molecule has 1 heterocycles. The molecule has 5 nitrogen and oxygen atoms in total. The van der Waals surface area contributed by atoms with Crippen molar-refractivity contribution in [3.63, 3.8) is 0 Å². The number of carbonyl (C=O) groups is 1. The second-order valence-electron chi connectivity index (χ2n) is 5.76. The van der Waals surface area contributed by atoms with Gasteiger partial charge in [-0.15, -0.1) is 0 Å². The Hall–Kier alpha value is -1.96. The summed E-state index contributed by atoms with van der Waals surface area (Å²) in [6.45, 7) is 1.60. The van der Waals surface area contributed by atoms with Crippen molar-refractivity contribution < 1.29 is 13.2 Å². The molecule has 0 aliphatic carbocycles. The third-order valence-corrected chi connectivity index (χ3v) is 7.16. The van der Waals surface area contributed by atoms with Crippen molar-refractivity contribution in [1.82, 2.24) is 4.57 Å². The summed E-state index contributed by atoms with van der Waals surface area (Å²) in [4.78, 5) is 17.3. The van der Waals surface area contributed by atoms with Crippen molar-refractivity contribution in [3.8, 4) is 0 Å². The lowest BCUT2D eigenvalue weighted by Crippen LogP contribution is -2.14. The van der Waals surface area contributed by atoms with Gasteiger partial charge in [-0.05, 0) is 29.8 Å². The van der Waals surface area contributed by atoms with E-state index in [2.05, 4.69) is 4.99 Å². The van der Waals surface area contributed by atoms with Crippen molar-refractivity contribution in [1.29, 1.82) is 0 Å². The molecule has 0 bridgehead atoms. The minimum atomic E-state index is -3.24. The van der Waals surface area contributed by atoms with E-state index in [9.17, 15) is 13.2 Å². The monoisotopic (exact) mass is 408 g/mol. The van der Waals surface area contributed by atoms with Gasteiger partial charge in [0, 0.05) is 7.05 Å². The summed E-state index contributed by atoms with van der Waals surface area (Å²) in [7, 11) is -1.42. The number of carbonyl (C=O) groups excluding carboxylic acids is 1. The maximum atomic E-state index is 12.3. The molecule has 8 heteroatoms. The van der Waals surface area contributed by atoms with E-state index in [1.54, 1.807) is 29.7 Å². The van der Waals surface area contributed by atoms with Gasteiger partial charge in [0.15, 0.2) is 14.6 Å². The van der Waals surface area contributed by atoms with Gasteiger partial charge < -0.3 is 4.57 Å². The Labute approximate surface area is 160 Å². The molecule has 0 fully saturated rings. The van der Waals surface area contributed by atoms with Gasteiger partial charge in [0.25, 0.3) is 5.91 Å². The predicted octanol–water partition coefficient (Wildman–Crippen LogP) is 3.36. The average Bonchev–Trinajstić information content (AvgIpc) is 2.92. The maximum Gasteiger partial charge on any atom is 0.252 e. The molecule has 26 heavy (non-hydrogen) atoms. The summed E-state index contributed by atoms with van der Waals surface area (Å²) in [6, 6.07) is 12.0. The van der Waals surface area contributed by atoms with Crippen molar-refractivity contribution in [3.05, 3.63) is 57.9 Å². The van der Waals surface area contributed by atoms with Crippen molar-refractivity contribution in [2.24, 2.45) is 12.0 Å². The summed E-state index contributed by atoms with van der Waals surface area (Å²) in [5.74, 6) is -0.250. The minimum absolute atomic E-state index is 0.0472. The van der Waals surface area contributed by atoms with Crippen LogP contribution in [0.15, 0.2) is 52.4 Å². The zero-order chi connectivity index (χ0) is 18.9. The van der Waals surface area contributed by atoms with E-state index in [1.165, 1.54) is 23.5 Å². The number of thiazole rings is 1.